The van der Waals surface area contributed by atoms with E-state index in [9.17, 15) is 0 Å². The quantitative estimate of drug-likeness (QED) is 0.852. The lowest BCUT2D eigenvalue weighted by Gasteiger charge is -2.16. The summed E-state index contributed by atoms with van der Waals surface area (Å²) in [5, 5.41) is 12.7. The third-order valence-corrected chi connectivity index (χ3v) is 4.03. The first-order valence-electron chi connectivity index (χ1n) is 7.88. The number of aryl methyl sites for hydroxylation is 2. The summed E-state index contributed by atoms with van der Waals surface area (Å²) in [4.78, 5) is 0. The van der Waals surface area contributed by atoms with Crippen LogP contribution >= 0.6 is 0 Å². The summed E-state index contributed by atoms with van der Waals surface area (Å²) in [5.41, 5.74) is 4.99. The van der Waals surface area contributed by atoms with E-state index < -0.39 is 0 Å². The van der Waals surface area contributed by atoms with E-state index in [0.29, 0.717) is 6.04 Å². The summed E-state index contributed by atoms with van der Waals surface area (Å²) in [6.07, 6.45) is 5.02. The van der Waals surface area contributed by atoms with E-state index in [2.05, 4.69) is 41.9 Å². The van der Waals surface area contributed by atoms with Gasteiger partial charge in [-0.2, -0.15) is 10.2 Å². The molecular formula is C16H27N5. The predicted octanol–water partition coefficient (Wildman–Crippen LogP) is 2.46. The van der Waals surface area contributed by atoms with Gasteiger partial charge in [-0.3, -0.25) is 9.36 Å². The van der Waals surface area contributed by atoms with Crippen molar-refractivity contribution in [3.63, 3.8) is 0 Å². The van der Waals surface area contributed by atoms with E-state index >= 15 is 0 Å². The van der Waals surface area contributed by atoms with Gasteiger partial charge < -0.3 is 5.32 Å². The van der Waals surface area contributed by atoms with Gasteiger partial charge in [-0.25, -0.2) is 0 Å². The lowest BCUT2D eigenvalue weighted by molar-refractivity contribution is 0.562. The first-order valence-corrected chi connectivity index (χ1v) is 7.88. The van der Waals surface area contributed by atoms with Crippen LogP contribution in [0, 0.1) is 0 Å². The van der Waals surface area contributed by atoms with E-state index in [1.54, 1.807) is 0 Å². The summed E-state index contributed by atoms with van der Waals surface area (Å²) in [5.74, 6) is 0. The lowest BCUT2D eigenvalue weighted by atomic mass is 9.99. The third-order valence-electron chi connectivity index (χ3n) is 4.03. The Balaban J connectivity index is 2.41. The van der Waals surface area contributed by atoms with Crippen molar-refractivity contribution in [3.8, 4) is 0 Å². The molecule has 0 radical (unpaired) electrons. The molecule has 1 N–H and O–H groups in total. The minimum atomic E-state index is 0.382. The highest BCUT2D eigenvalue weighted by Gasteiger charge is 2.21. The molecule has 1 atom stereocenters. The fraction of sp³-hybridized carbons (Fsp3) is 0.625. The molecule has 116 valence electrons. The van der Waals surface area contributed by atoms with Gasteiger partial charge in [-0.1, -0.05) is 20.8 Å². The lowest BCUT2D eigenvalue weighted by Crippen LogP contribution is -2.18. The van der Waals surface area contributed by atoms with Crippen LogP contribution < -0.4 is 5.32 Å². The molecule has 0 saturated heterocycles. The van der Waals surface area contributed by atoms with Crippen LogP contribution in [0.1, 0.15) is 55.9 Å². The van der Waals surface area contributed by atoms with Crippen molar-refractivity contribution < 1.29 is 0 Å². The molecule has 0 bridgehead atoms. The second kappa shape index (κ2) is 6.89. The Labute approximate surface area is 127 Å². The van der Waals surface area contributed by atoms with Gasteiger partial charge >= 0.3 is 0 Å². The maximum Gasteiger partial charge on any atom is 0.0853 e. The van der Waals surface area contributed by atoms with Gasteiger partial charge in [-0.15, -0.1) is 0 Å². The summed E-state index contributed by atoms with van der Waals surface area (Å²) in [6, 6.07) is 2.44. The highest BCUT2D eigenvalue weighted by molar-refractivity contribution is 5.31. The topological polar surface area (TPSA) is 47.7 Å². The number of hydrogen-bond donors (Lipinski definition) is 1. The van der Waals surface area contributed by atoms with Gasteiger partial charge in [0.1, 0.15) is 0 Å². The molecule has 2 aromatic rings. The zero-order valence-corrected chi connectivity index (χ0v) is 13.8. The van der Waals surface area contributed by atoms with Gasteiger partial charge in [0.2, 0.25) is 0 Å². The second-order valence-electron chi connectivity index (χ2n) is 5.40. The zero-order valence-electron chi connectivity index (χ0n) is 13.8. The maximum absolute atomic E-state index is 4.85. The minimum absolute atomic E-state index is 0.382. The van der Waals surface area contributed by atoms with E-state index in [1.165, 1.54) is 17.0 Å². The van der Waals surface area contributed by atoms with E-state index in [0.717, 1.165) is 31.5 Å². The van der Waals surface area contributed by atoms with Crippen molar-refractivity contribution in [2.45, 2.75) is 52.6 Å². The molecule has 5 nitrogen and oxygen atoms in total. The van der Waals surface area contributed by atoms with Crippen molar-refractivity contribution in [2.24, 2.45) is 7.05 Å². The van der Waals surface area contributed by atoms with Gasteiger partial charge in [0, 0.05) is 30.5 Å². The van der Waals surface area contributed by atoms with Gasteiger partial charge in [-0.05, 0) is 32.4 Å². The van der Waals surface area contributed by atoms with Gasteiger partial charge in [0.25, 0.3) is 0 Å². The van der Waals surface area contributed by atoms with E-state index in [1.807, 2.05) is 25.0 Å². The van der Waals surface area contributed by atoms with Crippen molar-refractivity contribution >= 4 is 0 Å². The van der Waals surface area contributed by atoms with Crippen molar-refractivity contribution in [1.29, 1.82) is 0 Å². The SMILES string of the molecule is CCc1nn(Cc2ccn(C)n2)c(CC)c1C(CC)NC. The Hall–Kier alpha value is -1.62. The predicted molar refractivity (Wildman–Crippen MR) is 85.4 cm³/mol. The van der Waals surface area contributed by atoms with Crippen molar-refractivity contribution in [1.82, 2.24) is 24.9 Å². The molecule has 21 heavy (non-hydrogen) atoms. The summed E-state index contributed by atoms with van der Waals surface area (Å²) in [6.45, 7) is 7.35. The average Bonchev–Trinajstić information content (AvgIpc) is 3.04. The van der Waals surface area contributed by atoms with Crippen molar-refractivity contribution in [3.05, 3.63) is 34.9 Å². The first kappa shape index (κ1) is 15.8. The zero-order chi connectivity index (χ0) is 15.4. The van der Waals surface area contributed by atoms with Crippen LogP contribution in [0.25, 0.3) is 0 Å². The van der Waals surface area contributed by atoms with Crippen molar-refractivity contribution in [2.75, 3.05) is 7.05 Å². The Morgan fingerprint density at radius 1 is 1.19 bits per heavy atom. The molecule has 0 aromatic carbocycles. The standard InChI is InChI=1S/C16H27N5/c1-6-13(17-4)16-14(7-2)19-21(15(16)8-3)11-12-9-10-20(5)18-12/h9-10,13,17H,6-8,11H2,1-5H3. The minimum Gasteiger partial charge on any atom is -0.313 e. The molecule has 2 heterocycles. The molecule has 0 aliphatic rings. The van der Waals surface area contributed by atoms with Crippen LogP contribution in [-0.2, 0) is 26.4 Å². The normalized spacial score (nSPS) is 12.8. The molecule has 0 amide bonds. The largest absolute Gasteiger partial charge is 0.313 e. The summed E-state index contributed by atoms with van der Waals surface area (Å²) in [7, 11) is 3.98. The Kier molecular flexibility index (Phi) is 5.17. The second-order valence-corrected chi connectivity index (χ2v) is 5.40. The number of rotatable bonds is 7. The van der Waals surface area contributed by atoms with Gasteiger partial charge in [0.05, 0.1) is 17.9 Å². The van der Waals surface area contributed by atoms with Crippen LogP contribution in [0.5, 0.6) is 0 Å². The molecule has 2 rings (SSSR count). The van der Waals surface area contributed by atoms with E-state index in [4.69, 9.17) is 5.10 Å². The van der Waals surface area contributed by atoms with Crippen LogP contribution in [0.4, 0.5) is 0 Å². The average molecular weight is 289 g/mol. The smallest absolute Gasteiger partial charge is 0.0853 e. The summed E-state index contributed by atoms with van der Waals surface area (Å²) >= 11 is 0. The summed E-state index contributed by atoms with van der Waals surface area (Å²) < 4.78 is 3.98. The molecule has 5 heteroatoms. The first-order chi connectivity index (χ1) is 10.1. The fourth-order valence-electron chi connectivity index (χ4n) is 2.99. The van der Waals surface area contributed by atoms with Crippen LogP contribution in [-0.4, -0.2) is 26.6 Å². The molecule has 1 unspecified atom stereocenters. The molecular weight excluding hydrogens is 262 g/mol. The monoisotopic (exact) mass is 289 g/mol. The highest BCUT2D eigenvalue weighted by Crippen LogP contribution is 2.26. The molecule has 0 spiro atoms. The maximum atomic E-state index is 4.85. The number of nitrogens with zero attached hydrogens (tertiary/aromatic N) is 4. The number of nitrogens with one attached hydrogen (secondary N) is 1. The van der Waals surface area contributed by atoms with Crippen LogP contribution in [0.15, 0.2) is 12.3 Å². The number of aromatic nitrogens is 4. The third kappa shape index (κ3) is 3.18. The molecule has 0 aliphatic carbocycles. The Bertz CT molecular complexity index is 578. The Morgan fingerprint density at radius 2 is 1.95 bits per heavy atom. The fourth-order valence-corrected chi connectivity index (χ4v) is 2.99. The molecule has 0 fully saturated rings. The highest BCUT2D eigenvalue weighted by atomic mass is 15.3. The van der Waals surface area contributed by atoms with Crippen LogP contribution in [0.2, 0.25) is 0 Å². The van der Waals surface area contributed by atoms with E-state index in [-0.39, 0.29) is 0 Å². The van der Waals surface area contributed by atoms with Crippen LogP contribution in [0.3, 0.4) is 0 Å². The molecule has 0 aliphatic heterocycles. The Morgan fingerprint density at radius 3 is 2.43 bits per heavy atom. The number of hydrogen-bond acceptors (Lipinski definition) is 3. The molecule has 2 aromatic heterocycles. The van der Waals surface area contributed by atoms with Gasteiger partial charge in [0.15, 0.2) is 0 Å². The molecule has 0 saturated carbocycles.